The largest absolute Gasteiger partial charge is 0.393 e. The highest BCUT2D eigenvalue weighted by atomic mass is 16.5. The summed E-state index contributed by atoms with van der Waals surface area (Å²) in [5.74, 6) is -0.319. The second-order valence-corrected chi connectivity index (χ2v) is 5.70. The minimum absolute atomic E-state index is 0.192. The first-order valence-electron chi connectivity index (χ1n) is 8.11. The summed E-state index contributed by atoms with van der Waals surface area (Å²) in [5.41, 5.74) is 1.99. The fourth-order valence-electron chi connectivity index (χ4n) is 2.38. The molecule has 1 aliphatic rings. The monoisotopic (exact) mass is 321 g/mol. The zero-order chi connectivity index (χ0) is 17.1. The van der Waals surface area contributed by atoms with Gasteiger partial charge in [-0.2, -0.15) is 5.26 Å². The molecule has 1 atom stereocenters. The van der Waals surface area contributed by atoms with Gasteiger partial charge in [-0.05, 0) is 50.7 Å². The van der Waals surface area contributed by atoms with E-state index >= 15 is 0 Å². The lowest BCUT2D eigenvalue weighted by Gasteiger charge is -2.18. The van der Waals surface area contributed by atoms with Crippen molar-refractivity contribution in [1.29, 1.82) is 5.26 Å². The molecule has 0 bridgehead atoms. The van der Waals surface area contributed by atoms with Gasteiger partial charge in [-0.3, -0.25) is 4.79 Å². The van der Waals surface area contributed by atoms with E-state index in [-0.39, 0.29) is 17.6 Å². The highest BCUT2D eigenvalue weighted by Crippen LogP contribution is 2.23. The number of aliphatic hydroxyl groups excluding tert-OH is 1. The van der Waals surface area contributed by atoms with Crippen LogP contribution in [0.2, 0.25) is 0 Å². The number of amides is 1. The number of rotatable bonds is 9. The van der Waals surface area contributed by atoms with Crippen molar-refractivity contribution in [3.8, 4) is 6.07 Å². The topological polar surface area (TPSA) is 94.4 Å². The lowest BCUT2D eigenvalue weighted by molar-refractivity contribution is -0.117. The summed E-state index contributed by atoms with van der Waals surface area (Å²) in [5, 5.41) is 24.6. The van der Waals surface area contributed by atoms with Crippen LogP contribution in [0.1, 0.15) is 39.0 Å². The summed E-state index contributed by atoms with van der Waals surface area (Å²) in [6.07, 6.45) is 5.49. The standard InChI is InChI=1S/C17H27N3O3/c1-13(21)7-9-19-15-6-3-5-14(11-15)16(12-18)17(22)20-8-4-10-23-2/h11,13,19,21H,3-10H2,1-2H3,(H,20,22). The lowest BCUT2D eigenvalue weighted by Crippen LogP contribution is -2.27. The smallest absolute Gasteiger partial charge is 0.262 e. The van der Waals surface area contributed by atoms with Gasteiger partial charge >= 0.3 is 0 Å². The number of ether oxygens (including phenoxy) is 1. The molecule has 0 aliphatic heterocycles. The number of carbonyl (C=O) groups excluding carboxylic acids is 1. The summed E-state index contributed by atoms with van der Waals surface area (Å²) >= 11 is 0. The summed E-state index contributed by atoms with van der Waals surface area (Å²) in [7, 11) is 1.61. The molecule has 23 heavy (non-hydrogen) atoms. The molecule has 128 valence electrons. The quantitative estimate of drug-likeness (QED) is 0.339. The maximum Gasteiger partial charge on any atom is 0.262 e. The molecule has 0 saturated heterocycles. The molecule has 1 unspecified atom stereocenters. The van der Waals surface area contributed by atoms with Gasteiger partial charge < -0.3 is 20.5 Å². The first kappa shape index (κ1) is 19.2. The molecule has 0 heterocycles. The van der Waals surface area contributed by atoms with Crippen LogP contribution < -0.4 is 10.6 Å². The van der Waals surface area contributed by atoms with Crippen molar-refractivity contribution in [2.24, 2.45) is 0 Å². The number of allylic oxidation sites excluding steroid dienone is 3. The van der Waals surface area contributed by atoms with E-state index in [1.54, 1.807) is 14.0 Å². The number of nitrogens with one attached hydrogen (secondary N) is 2. The number of hydrogen-bond donors (Lipinski definition) is 3. The van der Waals surface area contributed by atoms with E-state index < -0.39 is 0 Å². The van der Waals surface area contributed by atoms with Crippen LogP contribution in [0.4, 0.5) is 0 Å². The van der Waals surface area contributed by atoms with Crippen LogP contribution in [0.3, 0.4) is 0 Å². The van der Waals surface area contributed by atoms with Gasteiger partial charge in [0.1, 0.15) is 11.6 Å². The molecule has 0 aromatic carbocycles. The van der Waals surface area contributed by atoms with Crippen LogP contribution in [0.25, 0.3) is 0 Å². The number of nitriles is 1. The van der Waals surface area contributed by atoms with Gasteiger partial charge in [0.2, 0.25) is 0 Å². The number of carbonyl (C=O) groups is 1. The predicted octanol–water partition coefficient (Wildman–Crippen LogP) is 1.39. The molecule has 6 heteroatoms. The van der Waals surface area contributed by atoms with Gasteiger partial charge in [0, 0.05) is 32.5 Å². The van der Waals surface area contributed by atoms with Gasteiger partial charge in [-0.1, -0.05) is 0 Å². The molecule has 0 saturated carbocycles. The van der Waals surface area contributed by atoms with Crippen molar-refractivity contribution in [3.63, 3.8) is 0 Å². The Labute approximate surface area is 138 Å². The number of methoxy groups -OCH3 is 1. The first-order chi connectivity index (χ1) is 11.1. The van der Waals surface area contributed by atoms with E-state index in [0.717, 1.165) is 37.0 Å². The maximum atomic E-state index is 12.1. The third-order valence-electron chi connectivity index (χ3n) is 3.63. The van der Waals surface area contributed by atoms with E-state index in [4.69, 9.17) is 4.74 Å². The van der Waals surface area contributed by atoms with Crippen LogP contribution in [-0.2, 0) is 9.53 Å². The summed E-state index contributed by atoms with van der Waals surface area (Å²) < 4.78 is 4.93. The van der Waals surface area contributed by atoms with Crippen molar-refractivity contribution in [2.45, 2.75) is 45.1 Å². The van der Waals surface area contributed by atoms with Gasteiger partial charge in [-0.25, -0.2) is 0 Å². The molecule has 0 aromatic heterocycles. The molecule has 1 rings (SSSR count). The van der Waals surface area contributed by atoms with E-state index in [2.05, 4.69) is 10.6 Å². The van der Waals surface area contributed by atoms with Crippen molar-refractivity contribution in [1.82, 2.24) is 10.6 Å². The van der Waals surface area contributed by atoms with Crippen LogP contribution in [0.15, 0.2) is 22.9 Å². The highest BCUT2D eigenvalue weighted by molar-refractivity contribution is 5.98. The molecule has 3 N–H and O–H groups in total. The van der Waals surface area contributed by atoms with E-state index in [9.17, 15) is 15.2 Å². The van der Waals surface area contributed by atoms with Crippen LogP contribution in [-0.4, -0.2) is 43.9 Å². The van der Waals surface area contributed by atoms with Crippen molar-refractivity contribution >= 4 is 5.91 Å². The Morgan fingerprint density at radius 3 is 2.91 bits per heavy atom. The minimum Gasteiger partial charge on any atom is -0.393 e. The van der Waals surface area contributed by atoms with Crippen LogP contribution >= 0.6 is 0 Å². The number of aliphatic hydroxyl groups is 1. The summed E-state index contributed by atoms with van der Waals surface area (Å²) in [6, 6.07) is 2.03. The zero-order valence-electron chi connectivity index (χ0n) is 14.0. The first-order valence-corrected chi connectivity index (χ1v) is 8.11. The number of nitrogens with zero attached hydrogens (tertiary/aromatic N) is 1. The summed E-state index contributed by atoms with van der Waals surface area (Å²) in [4.78, 5) is 12.1. The predicted molar refractivity (Wildman–Crippen MR) is 88.4 cm³/mol. The third-order valence-corrected chi connectivity index (χ3v) is 3.63. The Morgan fingerprint density at radius 1 is 1.48 bits per heavy atom. The molecular formula is C17H27N3O3. The molecule has 6 nitrogen and oxygen atoms in total. The lowest BCUT2D eigenvalue weighted by atomic mass is 9.94. The molecule has 0 fully saturated rings. The molecule has 0 aromatic rings. The van der Waals surface area contributed by atoms with Crippen molar-refractivity contribution in [2.75, 3.05) is 26.8 Å². The average Bonchev–Trinajstić information content (AvgIpc) is 2.52. The Balaban J connectivity index is 2.67. The second-order valence-electron chi connectivity index (χ2n) is 5.70. The Hall–Kier alpha value is -1.84. The van der Waals surface area contributed by atoms with Crippen LogP contribution in [0, 0.1) is 11.3 Å². The minimum atomic E-state index is -0.339. The van der Waals surface area contributed by atoms with Gasteiger partial charge in [0.15, 0.2) is 0 Å². The second kappa shape index (κ2) is 10.8. The normalized spacial score (nSPS) is 17.7. The zero-order valence-corrected chi connectivity index (χ0v) is 14.0. The van der Waals surface area contributed by atoms with E-state index in [1.807, 2.05) is 12.1 Å². The Bertz CT molecular complexity index is 490. The molecule has 1 amide bonds. The van der Waals surface area contributed by atoms with Gasteiger partial charge in [0.05, 0.1) is 6.10 Å². The maximum absolute atomic E-state index is 12.1. The van der Waals surface area contributed by atoms with Gasteiger partial charge in [0.25, 0.3) is 5.91 Å². The fourth-order valence-corrected chi connectivity index (χ4v) is 2.38. The fraction of sp³-hybridized carbons (Fsp3) is 0.647. The highest BCUT2D eigenvalue weighted by Gasteiger charge is 2.17. The Kier molecular flexibility index (Phi) is 9.03. The third kappa shape index (κ3) is 7.31. The Morgan fingerprint density at radius 2 is 2.26 bits per heavy atom. The van der Waals surface area contributed by atoms with E-state index in [0.29, 0.717) is 26.1 Å². The molecule has 0 radical (unpaired) electrons. The summed E-state index contributed by atoms with van der Waals surface area (Å²) in [6.45, 7) is 3.51. The number of hydrogen-bond acceptors (Lipinski definition) is 5. The van der Waals surface area contributed by atoms with Gasteiger partial charge in [-0.15, -0.1) is 0 Å². The van der Waals surface area contributed by atoms with Crippen molar-refractivity contribution < 1.29 is 14.6 Å². The molecule has 0 spiro atoms. The van der Waals surface area contributed by atoms with Crippen molar-refractivity contribution in [3.05, 3.63) is 22.9 Å². The molecule has 1 aliphatic carbocycles. The van der Waals surface area contributed by atoms with Crippen LogP contribution in [0.5, 0.6) is 0 Å². The SMILES string of the molecule is COCCCNC(=O)C(C#N)=C1C=C(NCCC(C)O)CCC1. The average molecular weight is 321 g/mol. The van der Waals surface area contributed by atoms with E-state index in [1.165, 1.54) is 0 Å². The molecular weight excluding hydrogens is 294 g/mol.